The molecule has 2 rings (SSSR count). The first-order valence-electron chi connectivity index (χ1n) is 5.90. The normalized spacial score (nSPS) is 38.6. The van der Waals surface area contributed by atoms with E-state index in [0.717, 1.165) is 25.9 Å². The molecular formula is C11H22N2O. The Labute approximate surface area is 86.3 Å². The molecule has 14 heavy (non-hydrogen) atoms. The first kappa shape index (κ1) is 10.4. The largest absolute Gasteiger partial charge is 0.394 e. The Morgan fingerprint density at radius 2 is 2.29 bits per heavy atom. The van der Waals surface area contributed by atoms with Crippen LogP contribution in [0.3, 0.4) is 0 Å². The van der Waals surface area contributed by atoms with E-state index in [-0.39, 0.29) is 5.54 Å². The van der Waals surface area contributed by atoms with E-state index in [0.29, 0.717) is 18.6 Å². The maximum absolute atomic E-state index is 9.63. The summed E-state index contributed by atoms with van der Waals surface area (Å²) in [5.41, 5.74) is 0.0150. The molecule has 2 fully saturated rings. The first-order chi connectivity index (χ1) is 6.80. The van der Waals surface area contributed by atoms with Gasteiger partial charge in [-0.3, -0.25) is 0 Å². The summed E-state index contributed by atoms with van der Waals surface area (Å²) >= 11 is 0. The second kappa shape index (κ2) is 4.17. The SMILES string of the molecule is CCC1CNCCC1(CO)NC1CC1. The number of hydrogen-bond acceptors (Lipinski definition) is 3. The van der Waals surface area contributed by atoms with Crippen LogP contribution < -0.4 is 10.6 Å². The molecule has 0 aromatic carbocycles. The zero-order valence-electron chi connectivity index (χ0n) is 9.05. The van der Waals surface area contributed by atoms with Gasteiger partial charge in [0.25, 0.3) is 0 Å². The molecule has 0 aromatic rings. The van der Waals surface area contributed by atoms with Gasteiger partial charge in [-0.05, 0) is 38.3 Å². The summed E-state index contributed by atoms with van der Waals surface area (Å²) in [5.74, 6) is 0.585. The third-order valence-electron chi connectivity index (χ3n) is 3.76. The van der Waals surface area contributed by atoms with Gasteiger partial charge in [-0.15, -0.1) is 0 Å². The lowest BCUT2D eigenvalue weighted by atomic mass is 9.77. The lowest BCUT2D eigenvalue weighted by molar-refractivity contribution is 0.0708. The van der Waals surface area contributed by atoms with Gasteiger partial charge < -0.3 is 15.7 Å². The van der Waals surface area contributed by atoms with Crippen LogP contribution in [0.1, 0.15) is 32.6 Å². The molecule has 0 spiro atoms. The summed E-state index contributed by atoms with van der Waals surface area (Å²) in [6.07, 6.45) is 4.81. The number of aliphatic hydroxyl groups is 1. The van der Waals surface area contributed by atoms with Crippen molar-refractivity contribution in [3.63, 3.8) is 0 Å². The van der Waals surface area contributed by atoms with Crippen molar-refractivity contribution < 1.29 is 5.11 Å². The fourth-order valence-corrected chi connectivity index (χ4v) is 2.60. The molecular weight excluding hydrogens is 176 g/mol. The van der Waals surface area contributed by atoms with Gasteiger partial charge in [0.05, 0.1) is 6.61 Å². The summed E-state index contributed by atoms with van der Waals surface area (Å²) in [5, 5.41) is 16.7. The van der Waals surface area contributed by atoms with Crippen LogP contribution in [0.15, 0.2) is 0 Å². The summed E-state index contributed by atoms with van der Waals surface area (Å²) in [7, 11) is 0. The van der Waals surface area contributed by atoms with Gasteiger partial charge in [-0.2, -0.15) is 0 Å². The van der Waals surface area contributed by atoms with Crippen molar-refractivity contribution in [1.29, 1.82) is 0 Å². The molecule has 1 saturated heterocycles. The molecule has 3 heteroatoms. The van der Waals surface area contributed by atoms with E-state index in [1.807, 2.05) is 0 Å². The number of piperidine rings is 1. The van der Waals surface area contributed by atoms with Gasteiger partial charge in [0, 0.05) is 11.6 Å². The van der Waals surface area contributed by atoms with Gasteiger partial charge in [0.1, 0.15) is 0 Å². The molecule has 2 aliphatic rings. The van der Waals surface area contributed by atoms with Crippen LogP contribution in [0.5, 0.6) is 0 Å². The van der Waals surface area contributed by atoms with Gasteiger partial charge in [-0.1, -0.05) is 13.3 Å². The van der Waals surface area contributed by atoms with Crippen LogP contribution in [-0.4, -0.2) is 36.4 Å². The molecule has 1 saturated carbocycles. The van der Waals surface area contributed by atoms with E-state index in [4.69, 9.17) is 0 Å². The smallest absolute Gasteiger partial charge is 0.0617 e. The van der Waals surface area contributed by atoms with Crippen LogP contribution in [0.4, 0.5) is 0 Å². The summed E-state index contributed by atoms with van der Waals surface area (Å²) in [6.45, 7) is 4.61. The standard InChI is InChI=1S/C11H22N2O/c1-2-9-7-12-6-5-11(9,8-14)13-10-3-4-10/h9-10,12-14H,2-8H2,1H3. The highest BCUT2D eigenvalue weighted by Crippen LogP contribution is 2.31. The van der Waals surface area contributed by atoms with E-state index in [1.165, 1.54) is 12.8 Å². The van der Waals surface area contributed by atoms with Crippen LogP contribution in [0.25, 0.3) is 0 Å². The zero-order chi connectivity index (χ0) is 10.0. The topological polar surface area (TPSA) is 44.3 Å². The Morgan fingerprint density at radius 3 is 2.86 bits per heavy atom. The fraction of sp³-hybridized carbons (Fsp3) is 1.00. The van der Waals surface area contributed by atoms with Crippen LogP contribution in [0, 0.1) is 5.92 Å². The van der Waals surface area contributed by atoms with E-state index < -0.39 is 0 Å². The fourth-order valence-electron chi connectivity index (χ4n) is 2.60. The minimum Gasteiger partial charge on any atom is -0.394 e. The summed E-state index contributed by atoms with van der Waals surface area (Å²) in [6, 6.07) is 0.689. The summed E-state index contributed by atoms with van der Waals surface area (Å²) in [4.78, 5) is 0. The highest BCUT2D eigenvalue weighted by Gasteiger charge is 2.42. The molecule has 0 bridgehead atoms. The van der Waals surface area contributed by atoms with E-state index in [9.17, 15) is 5.11 Å². The maximum Gasteiger partial charge on any atom is 0.0617 e. The predicted molar refractivity (Wildman–Crippen MR) is 57.2 cm³/mol. The number of nitrogens with one attached hydrogen (secondary N) is 2. The Morgan fingerprint density at radius 1 is 1.50 bits per heavy atom. The average Bonchev–Trinajstić information content (AvgIpc) is 3.02. The Kier molecular flexibility index (Phi) is 3.10. The predicted octanol–water partition coefficient (Wildman–Crippen LogP) is 0.489. The second-order valence-electron chi connectivity index (χ2n) is 4.79. The van der Waals surface area contributed by atoms with Crippen LogP contribution in [0.2, 0.25) is 0 Å². The van der Waals surface area contributed by atoms with Crippen molar-refractivity contribution in [2.75, 3.05) is 19.7 Å². The second-order valence-corrected chi connectivity index (χ2v) is 4.79. The molecule has 1 aliphatic carbocycles. The summed E-state index contributed by atoms with van der Waals surface area (Å²) < 4.78 is 0. The van der Waals surface area contributed by atoms with Crippen molar-refractivity contribution in [3.8, 4) is 0 Å². The monoisotopic (exact) mass is 198 g/mol. The molecule has 1 heterocycles. The lowest BCUT2D eigenvalue weighted by Crippen LogP contribution is -2.61. The van der Waals surface area contributed by atoms with Crippen molar-refractivity contribution in [3.05, 3.63) is 0 Å². The molecule has 3 nitrogen and oxygen atoms in total. The Bertz CT molecular complexity index is 194. The molecule has 2 unspecified atom stereocenters. The van der Waals surface area contributed by atoms with Gasteiger partial charge in [0.2, 0.25) is 0 Å². The van der Waals surface area contributed by atoms with Gasteiger partial charge in [0.15, 0.2) is 0 Å². The highest BCUT2D eigenvalue weighted by atomic mass is 16.3. The molecule has 0 amide bonds. The molecule has 82 valence electrons. The van der Waals surface area contributed by atoms with Crippen LogP contribution in [-0.2, 0) is 0 Å². The van der Waals surface area contributed by atoms with Crippen molar-refractivity contribution >= 4 is 0 Å². The molecule has 2 atom stereocenters. The van der Waals surface area contributed by atoms with Crippen LogP contribution >= 0.6 is 0 Å². The third-order valence-corrected chi connectivity index (χ3v) is 3.76. The van der Waals surface area contributed by atoms with E-state index in [2.05, 4.69) is 17.6 Å². The minimum atomic E-state index is 0.0150. The minimum absolute atomic E-state index is 0.0150. The Balaban J connectivity index is 2.03. The third kappa shape index (κ3) is 1.95. The number of rotatable bonds is 4. The molecule has 0 aromatic heterocycles. The lowest BCUT2D eigenvalue weighted by Gasteiger charge is -2.44. The maximum atomic E-state index is 9.63. The van der Waals surface area contributed by atoms with E-state index in [1.54, 1.807) is 0 Å². The van der Waals surface area contributed by atoms with Crippen molar-refractivity contribution in [2.45, 2.75) is 44.2 Å². The van der Waals surface area contributed by atoms with Crippen molar-refractivity contribution in [1.82, 2.24) is 10.6 Å². The quantitative estimate of drug-likeness (QED) is 0.616. The Hall–Kier alpha value is -0.120. The van der Waals surface area contributed by atoms with Gasteiger partial charge in [-0.25, -0.2) is 0 Å². The van der Waals surface area contributed by atoms with E-state index >= 15 is 0 Å². The van der Waals surface area contributed by atoms with Crippen molar-refractivity contribution in [2.24, 2.45) is 5.92 Å². The average molecular weight is 198 g/mol. The highest BCUT2D eigenvalue weighted by molar-refractivity contribution is 5.02. The number of aliphatic hydroxyl groups excluding tert-OH is 1. The molecule has 3 N–H and O–H groups in total. The van der Waals surface area contributed by atoms with Gasteiger partial charge >= 0.3 is 0 Å². The zero-order valence-corrected chi connectivity index (χ0v) is 9.05. The first-order valence-corrected chi connectivity index (χ1v) is 5.90. The molecule has 1 aliphatic heterocycles. The molecule has 0 radical (unpaired) electrons. The number of hydrogen-bond donors (Lipinski definition) is 3.